The fourth-order valence-corrected chi connectivity index (χ4v) is 1.74. The summed E-state index contributed by atoms with van der Waals surface area (Å²) in [7, 11) is 1.96. The molecule has 1 aliphatic heterocycles. The van der Waals surface area contributed by atoms with Crippen molar-refractivity contribution in [3.63, 3.8) is 0 Å². The minimum Gasteiger partial charge on any atom is -0.335 e. The summed E-state index contributed by atoms with van der Waals surface area (Å²) in [6.45, 7) is 2.05. The highest BCUT2D eigenvalue weighted by atomic mass is 15.1. The second kappa shape index (κ2) is 3.27. The van der Waals surface area contributed by atoms with Crippen molar-refractivity contribution >= 4 is 0 Å². The van der Waals surface area contributed by atoms with Gasteiger partial charge in [0.2, 0.25) is 0 Å². The van der Waals surface area contributed by atoms with Crippen molar-refractivity contribution in [1.29, 1.82) is 0 Å². The predicted octanol–water partition coefficient (Wildman–Crippen LogP) is 0.939. The molecular weight excluding hydrogens is 150 g/mol. The Balaban J connectivity index is 2.20. The molecule has 0 atom stereocenters. The van der Waals surface area contributed by atoms with E-state index in [2.05, 4.69) is 21.1 Å². The standard InChI is InChI=1S/C9H15N3/c1-10-6-8-7-12-5-3-2-4-9(12)11-8/h7,10H,2-6H2,1H3. The van der Waals surface area contributed by atoms with Crippen molar-refractivity contribution in [1.82, 2.24) is 14.9 Å². The molecule has 0 amide bonds. The summed E-state index contributed by atoms with van der Waals surface area (Å²) in [5.74, 6) is 1.27. The van der Waals surface area contributed by atoms with Crippen molar-refractivity contribution in [2.45, 2.75) is 32.4 Å². The molecule has 0 saturated carbocycles. The number of rotatable bonds is 2. The van der Waals surface area contributed by atoms with E-state index >= 15 is 0 Å². The lowest BCUT2D eigenvalue weighted by Gasteiger charge is -2.11. The van der Waals surface area contributed by atoms with E-state index in [1.807, 2.05) is 7.05 Å². The largest absolute Gasteiger partial charge is 0.335 e. The molecule has 1 aliphatic rings. The number of aromatic nitrogens is 2. The van der Waals surface area contributed by atoms with Gasteiger partial charge >= 0.3 is 0 Å². The second-order valence-corrected chi connectivity index (χ2v) is 3.33. The first-order valence-electron chi connectivity index (χ1n) is 4.59. The van der Waals surface area contributed by atoms with Crippen LogP contribution in [0.4, 0.5) is 0 Å². The van der Waals surface area contributed by atoms with Gasteiger partial charge in [0, 0.05) is 25.7 Å². The van der Waals surface area contributed by atoms with E-state index in [0.29, 0.717) is 0 Å². The normalized spacial score (nSPS) is 16.1. The molecule has 0 aliphatic carbocycles. The molecule has 2 heterocycles. The molecule has 0 aromatic carbocycles. The minimum atomic E-state index is 0.889. The topological polar surface area (TPSA) is 29.9 Å². The fraction of sp³-hybridized carbons (Fsp3) is 0.667. The molecule has 66 valence electrons. The zero-order valence-corrected chi connectivity index (χ0v) is 7.51. The van der Waals surface area contributed by atoms with Gasteiger partial charge in [-0.1, -0.05) is 0 Å². The van der Waals surface area contributed by atoms with Gasteiger partial charge in [-0.2, -0.15) is 0 Å². The molecule has 1 aromatic rings. The monoisotopic (exact) mass is 165 g/mol. The van der Waals surface area contributed by atoms with E-state index < -0.39 is 0 Å². The van der Waals surface area contributed by atoms with Crippen LogP contribution >= 0.6 is 0 Å². The number of aryl methyl sites for hydroxylation is 2. The predicted molar refractivity (Wildman–Crippen MR) is 47.9 cm³/mol. The summed E-state index contributed by atoms with van der Waals surface area (Å²) < 4.78 is 2.29. The third-order valence-corrected chi connectivity index (χ3v) is 2.32. The summed E-state index contributed by atoms with van der Waals surface area (Å²) >= 11 is 0. The highest BCUT2D eigenvalue weighted by molar-refractivity contribution is 5.05. The average Bonchev–Trinajstić information content (AvgIpc) is 2.47. The molecule has 1 aromatic heterocycles. The molecule has 1 N–H and O–H groups in total. The van der Waals surface area contributed by atoms with Gasteiger partial charge in [0.1, 0.15) is 5.82 Å². The molecule has 0 bridgehead atoms. The lowest BCUT2D eigenvalue weighted by atomic mass is 10.2. The van der Waals surface area contributed by atoms with Crippen molar-refractivity contribution in [3.8, 4) is 0 Å². The molecule has 3 heteroatoms. The number of nitrogens with one attached hydrogen (secondary N) is 1. The Bertz CT molecular complexity index is 241. The number of fused-ring (bicyclic) bond motifs is 1. The summed E-state index contributed by atoms with van der Waals surface area (Å²) in [5, 5.41) is 3.12. The second-order valence-electron chi connectivity index (χ2n) is 3.33. The van der Waals surface area contributed by atoms with Gasteiger partial charge in [-0.05, 0) is 19.9 Å². The Morgan fingerprint density at radius 1 is 1.58 bits per heavy atom. The summed E-state index contributed by atoms with van der Waals surface area (Å²) in [6, 6.07) is 0. The lowest BCUT2D eigenvalue weighted by Crippen LogP contribution is -2.08. The van der Waals surface area contributed by atoms with Crippen LogP contribution in [0.1, 0.15) is 24.4 Å². The number of nitrogens with zero attached hydrogens (tertiary/aromatic N) is 2. The third-order valence-electron chi connectivity index (χ3n) is 2.32. The summed E-state index contributed by atoms with van der Waals surface area (Å²) in [4.78, 5) is 4.54. The van der Waals surface area contributed by atoms with E-state index in [1.165, 1.54) is 24.4 Å². The van der Waals surface area contributed by atoms with Crippen molar-refractivity contribution in [2.75, 3.05) is 7.05 Å². The highest BCUT2D eigenvalue weighted by Crippen LogP contribution is 2.14. The Morgan fingerprint density at radius 2 is 2.50 bits per heavy atom. The molecular formula is C9H15N3. The van der Waals surface area contributed by atoms with Crippen LogP contribution < -0.4 is 5.32 Å². The van der Waals surface area contributed by atoms with Crippen LogP contribution in [0.25, 0.3) is 0 Å². The SMILES string of the molecule is CNCc1cn2c(n1)CCCC2. The number of imidazole rings is 1. The maximum atomic E-state index is 4.54. The Morgan fingerprint density at radius 3 is 3.25 bits per heavy atom. The van der Waals surface area contributed by atoms with Crippen molar-refractivity contribution < 1.29 is 0 Å². The van der Waals surface area contributed by atoms with Gasteiger partial charge in [0.05, 0.1) is 5.69 Å². The molecule has 0 saturated heterocycles. The Labute approximate surface area is 72.8 Å². The fourth-order valence-electron chi connectivity index (χ4n) is 1.74. The highest BCUT2D eigenvalue weighted by Gasteiger charge is 2.10. The quantitative estimate of drug-likeness (QED) is 0.706. The van der Waals surface area contributed by atoms with Crippen LogP contribution in [0.3, 0.4) is 0 Å². The maximum absolute atomic E-state index is 4.54. The third kappa shape index (κ3) is 1.37. The van der Waals surface area contributed by atoms with Crippen LogP contribution in [0.2, 0.25) is 0 Å². The van der Waals surface area contributed by atoms with E-state index in [1.54, 1.807) is 0 Å². The average molecular weight is 165 g/mol. The lowest BCUT2D eigenvalue weighted by molar-refractivity contribution is 0.522. The first kappa shape index (κ1) is 7.80. The minimum absolute atomic E-state index is 0.889. The first-order valence-corrected chi connectivity index (χ1v) is 4.59. The molecule has 0 unspecified atom stereocenters. The number of hydrogen-bond acceptors (Lipinski definition) is 2. The van der Waals surface area contributed by atoms with Crippen LogP contribution in [-0.4, -0.2) is 16.6 Å². The first-order chi connectivity index (χ1) is 5.90. The van der Waals surface area contributed by atoms with Crippen LogP contribution in [0, 0.1) is 0 Å². The van der Waals surface area contributed by atoms with Gasteiger partial charge in [-0.25, -0.2) is 4.98 Å². The molecule has 12 heavy (non-hydrogen) atoms. The molecule has 3 nitrogen and oxygen atoms in total. The van der Waals surface area contributed by atoms with Gasteiger partial charge in [-0.15, -0.1) is 0 Å². The maximum Gasteiger partial charge on any atom is 0.109 e. The van der Waals surface area contributed by atoms with E-state index in [-0.39, 0.29) is 0 Å². The Hall–Kier alpha value is -0.830. The summed E-state index contributed by atoms with van der Waals surface area (Å²) in [5.41, 5.74) is 1.18. The Kier molecular flexibility index (Phi) is 2.13. The zero-order valence-electron chi connectivity index (χ0n) is 7.51. The van der Waals surface area contributed by atoms with Crippen molar-refractivity contribution in [3.05, 3.63) is 17.7 Å². The van der Waals surface area contributed by atoms with Crippen LogP contribution in [0.5, 0.6) is 0 Å². The van der Waals surface area contributed by atoms with E-state index in [0.717, 1.165) is 19.5 Å². The number of hydrogen-bond donors (Lipinski definition) is 1. The van der Waals surface area contributed by atoms with Gasteiger partial charge < -0.3 is 9.88 Å². The smallest absolute Gasteiger partial charge is 0.109 e. The molecule has 0 radical (unpaired) electrons. The van der Waals surface area contributed by atoms with Crippen molar-refractivity contribution in [2.24, 2.45) is 0 Å². The van der Waals surface area contributed by atoms with Gasteiger partial charge in [-0.3, -0.25) is 0 Å². The van der Waals surface area contributed by atoms with E-state index in [9.17, 15) is 0 Å². The molecule has 0 fully saturated rings. The van der Waals surface area contributed by atoms with Gasteiger partial charge in [0.15, 0.2) is 0 Å². The molecule has 0 spiro atoms. The van der Waals surface area contributed by atoms with Crippen LogP contribution in [-0.2, 0) is 19.5 Å². The zero-order chi connectivity index (χ0) is 8.39. The van der Waals surface area contributed by atoms with Crippen LogP contribution in [0.15, 0.2) is 6.20 Å². The van der Waals surface area contributed by atoms with Gasteiger partial charge in [0.25, 0.3) is 0 Å². The van der Waals surface area contributed by atoms with E-state index in [4.69, 9.17) is 0 Å². The summed E-state index contributed by atoms with van der Waals surface area (Å²) in [6.07, 6.45) is 5.94. The molecule has 2 rings (SSSR count).